The third-order valence-electron chi connectivity index (χ3n) is 3.48. The molecule has 5 heteroatoms. The Morgan fingerprint density at radius 1 is 1.38 bits per heavy atom. The largest absolute Gasteiger partial charge is 0.481 e. The fourth-order valence-corrected chi connectivity index (χ4v) is 2.36. The van der Waals surface area contributed by atoms with E-state index in [0.717, 1.165) is 0 Å². The molecule has 1 aromatic carbocycles. The van der Waals surface area contributed by atoms with Crippen molar-refractivity contribution in [2.24, 2.45) is 5.92 Å². The van der Waals surface area contributed by atoms with Crippen LogP contribution in [0.2, 0.25) is 0 Å². The minimum Gasteiger partial charge on any atom is -0.481 e. The fourth-order valence-electron chi connectivity index (χ4n) is 2.36. The third kappa shape index (κ3) is 3.76. The summed E-state index contributed by atoms with van der Waals surface area (Å²) >= 11 is 0. The van der Waals surface area contributed by atoms with Gasteiger partial charge in [0.25, 0.3) is 5.91 Å². The van der Waals surface area contributed by atoms with Crippen LogP contribution in [0.3, 0.4) is 0 Å². The van der Waals surface area contributed by atoms with Gasteiger partial charge in [-0.1, -0.05) is 5.92 Å². The molecule has 110 valence electrons. The number of hydrogen-bond acceptors (Lipinski definition) is 3. The minimum absolute atomic E-state index is 0.149. The highest BCUT2D eigenvalue weighted by molar-refractivity contribution is 5.94. The molecular weight excluding hydrogens is 270 g/mol. The van der Waals surface area contributed by atoms with Crippen LogP contribution in [0, 0.1) is 18.3 Å². The number of carboxylic acid groups (broad SMARTS) is 1. The lowest BCUT2D eigenvalue weighted by molar-refractivity contribution is -0.143. The maximum Gasteiger partial charge on any atom is 0.308 e. The summed E-state index contributed by atoms with van der Waals surface area (Å²) in [7, 11) is 0. The average molecular weight is 287 g/mol. The van der Waals surface area contributed by atoms with E-state index < -0.39 is 11.9 Å². The topological polar surface area (TPSA) is 66.8 Å². The fraction of sp³-hybridized carbons (Fsp3) is 0.375. The number of piperidine rings is 1. The summed E-state index contributed by atoms with van der Waals surface area (Å²) in [5.41, 5.74) is 0.522. The lowest BCUT2D eigenvalue weighted by atomic mass is 9.97. The second-order valence-electron chi connectivity index (χ2n) is 4.95. The summed E-state index contributed by atoms with van der Waals surface area (Å²) in [5.74, 6) is 1.51. The second-order valence-corrected chi connectivity index (χ2v) is 4.95. The summed E-state index contributed by atoms with van der Waals surface area (Å²) in [4.78, 5) is 25.0. The van der Waals surface area contributed by atoms with Crippen molar-refractivity contribution in [1.29, 1.82) is 0 Å². The molecular formula is C16H17NO4. The molecule has 2 rings (SSSR count). The van der Waals surface area contributed by atoms with Crippen LogP contribution in [0.15, 0.2) is 24.3 Å². The molecule has 1 saturated heterocycles. The standard InChI is InChI=1S/C16H17NO4/c1-2-10-21-14-7-5-12(6-8-14)15(18)17-9-3-4-13(11-17)16(19)20/h1,5-8,13H,3-4,9-11H2,(H,19,20)/t13-/m0/s1. The molecule has 0 saturated carbocycles. The average Bonchev–Trinajstić information content (AvgIpc) is 2.53. The molecule has 0 radical (unpaired) electrons. The van der Waals surface area contributed by atoms with E-state index in [-0.39, 0.29) is 19.1 Å². The minimum atomic E-state index is -0.842. The van der Waals surface area contributed by atoms with Gasteiger partial charge >= 0.3 is 5.97 Å². The normalized spacial score (nSPS) is 17.9. The van der Waals surface area contributed by atoms with Crippen molar-refractivity contribution in [2.45, 2.75) is 12.8 Å². The number of ether oxygens (including phenoxy) is 1. The Bertz CT molecular complexity index is 559. The Morgan fingerprint density at radius 2 is 2.10 bits per heavy atom. The molecule has 0 spiro atoms. The molecule has 0 aliphatic carbocycles. The monoisotopic (exact) mass is 287 g/mol. The predicted octanol–water partition coefficient (Wildman–Crippen LogP) is 1.64. The predicted molar refractivity (Wildman–Crippen MR) is 77.0 cm³/mol. The van der Waals surface area contributed by atoms with E-state index in [4.69, 9.17) is 16.3 Å². The molecule has 0 unspecified atom stereocenters. The first-order valence-corrected chi connectivity index (χ1v) is 6.80. The number of terminal acetylenes is 1. The van der Waals surface area contributed by atoms with E-state index in [0.29, 0.717) is 30.7 Å². The van der Waals surface area contributed by atoms with Crippen molar-refractivity contribution in [2.75, 3.05) is 19.7 Å². The number of likely N-dealkylation sites (tertiary alicyclic amines) is 1. The maximum absolute atomic E-state index is 12.4. The van der Waals surface area contributed by atoms with E-state index in [9.17, 15) is 9.59 Å². The van der Waals surface area contributed by atoms with Crippen molar-refractivity contribution >= 4 is 11.9 Å². The zero-order chi connectivity index (χ0) is 15.2. The molecule has 1 atom stereocenters. The molecule has 5 nitrogen and oxygen atoms in total. The molecule has 21 heavy (non-hydrogen) atoms. The van der Waals surface area contributed by atoms with Gasteiger partial charge in [0.2, 0.25) is 0 Å². The number of carbonyl (C=O) groups excluding carboxylic acids is 1. The Hall–Kier alpha value is -2.48. The lowest BCUT2D eigenvalue weighted by Gasteiger charge is -2.30. The van der Waals surface area contributed by atoms with E-state index >= 15 is 0 Å². The zero-order valence-corrected chi connectivity index (χ0v) is 11.6. The molecule has 1 aromatic rings. The number of hydrogen-bond donors (Lipinski definition) is 1. The number of aliphatic carboxylic acids is 1. The summed E-state index contributed by atoms with van der Waals surface area (Å²) in [6, 6.07) is 6.70. The Morgan fingerprint density at radius 3 is 2.71 bits per heavy atom. The summed E-state index contributed by atoms with van der Waals surface area (Å²) < 4.78 is 5.25. The zero-order valence-electron chi connectivity index (χ0n) is 11.6. The van der Waals surface area contributed by atoms with E-state index in [1.54, 1.807) is 29.2 Å². The second kappa shape index (κ2) is 6.80. The highest BCUT2D eigenvalue weighted by Gasteiger charge is 2.28. The van der Waals surface area contributed by atoms with Gasteiger partial charge in [-0.05, 0) is 37.1 Å². The first kappa shape index (κ1) is 14.9. The molecule has 0 bridgehead atoms. The molecule has 1 heterocycles. The van der Waals surface area contributed by atoms with Gasteiger partial charge in [0, 0.05) is 18.7 Å². The van der Waals surface area contributed by atoms with Crippen molar-refractivity contribution in [1.82, 2.24) is 4.90 Å². The highest BCUT2D eigenvalue weighted by Crippen LogP contribution is 2.20. The Kier molecular flexibility index (Phi) is 4.83. The third-order valence-corrected chi connectivity index (χ3v) is 3.48. The van der Waals surface area contributed by atoms with E-state index in [1.807, 2.05) is 0 Å². The summed E-state index contributed by atoms with van der Waals surface area (Å²) in [6.45, 7) is 1.04. The van der Waals surface area contributed by atoms with Crippen molar-refractivity contribution in [3.05, 3.63) is 29.8 Å². The van der Waals surface area contributed by atoms with Gasteiger partial charge in [0.05, 0.1) is 5.92 Å². The van der Waals surface area contributed by atoms with Crippen LogP contribution in [0.5, 0.6) is 5.75 Å². The quantitative estimate of drug-likeness (QED) is 0.855. The summed E-state index contributed by atoms with van der Waals surface area (Å²) in [5, 5.41) is 9.06. The smallest absolute Gasteiger partial charge is 0.308 e. The van der Waals surface area contributed by atoms with Gasteiger partial charge in [-0.3, -0.25) is 9.59 Å². The number of amides is 1. The van der Waals surface area contributed by atoms with Gasteiger partial charge in [0.1, 0.15) is 12.4 Å². The van der Waals surface area contributed by atoms with Gasteiger partial charge in [0.15, 0.2) is 0 Å². The van der Waals surface area contributed by atoms with E-state index in [1.165, 1.54) is 0 Å². The molecule has 1 N–H and O–H groups in total. The number of carbonyl (C=O) groups is 2. The molecule has 1 aliphatic heterocycles. The maximum atomic E-state index is 12.4. The molecule has 1 fully saturated rings. The van der Waals surface area contributed by atoms with Crippen LogP contribution in [0.4, 0.5) is 0 Å². The first-order valence-electron chi connectivity index (χ1n) is 6.80. The number of nitrogens with zero attached hydrogens (tertiary/aromatic N) is 1. The SMILES string of the molecule is C#CCOc1ccc(C(=O)N2CCC[C@H](C(=O)O)C2)cc1. The van der Waals surface area contributed by atoms with Gasteiger partial charge in [-0.15, -0.1) is 6.42 Å². The number of benzene rings is 1. The van der Waals surface area contributed by atoms with Crippen LogP contribution in [0.25, 0.3) is 0 Å². The van der Waals surface area contributed by atoms with Crippen molar-refractivity contribution < 1.29 is 19.4 Å². The van der Waals surface area contributed by atoms with Crippen molar-refractivity contribution in [3.63, 3.8) is 0 Å². The van der Waals surface area contributed by atoms with Crippen LogP contribution >= 0.6 is 0 Å². The van der Waals surface area contributed by atoms with E-state index in [2.05, 4.69) is 5.92 Å². The van der Waals surface area contributed by atoms with Crippen molar-refractivity contribution in [3.8, 4) is 18.1 Å². The van der Waals surface area contributed by atoms with Gasteiger partial charge in [-0.2, -0.15) is 0 Å². The Balaban J connectivity index is 2.02. The van der Waals surface area contributed by atoms with Crippen LogP contribution in [-0.4, -0.2) is 41.6 Å². The number of rotatable bonds is 4. The van der Waals surface area contributed by atoms with Crippen LogP contribution < -0.4 is 4.74 Å². The number of carboxylic acids is 1. The molecule has 0 aromatic heterocycles. The Labute approximate surface area is 123 Å². The lowest BCUT2D eigenvalue weighted by Crippen LogP contribution is -2.42. The first-order chi connectivity index (χ1) is 10.1. The van der Waals surface area contributed by atoms with Crippen LogP contribution in [0.1, 0.15) is 23.2 Å². The molecule has 1 amide bonds. The molecule has 1 aliphatic rings. The summed E-state index contributed by atoms with van der Waals surface area (Å²) in [6.07, 6.45) is 6.44. The van der Waals surface area contributed by atoms with Gasteiger partial charge in [-0.25, -0.2) is 0 Å². The van der Waals surface area contributed by atoms with Gasteiger partial charge < -0.3 is 14.7 Å². The van der Waals surface area contributed by atoms with Crippen LogP contribution in [-0.2, 0) is 4.79 Å². The highest BCUT2D eigenvalue weighted by atomic mass is 16.5.